The van der Waals surface area contributed by atoms with Gasteiger partial charge < -0.3 is 10.1 Å². The molecule has 1 rings (SSSR count). The van der Waals surface area contributed by atoms with Gasteiger partial charge in [0.15, 0.2) is 0 Å². The van der Waals surface area contributed by atoms with E-state index in [0.717, 1.165) is 18.8 Å². The van der Waals surface area contributed by atoms with Crippen molar-refractivity contribution in [3.63, 3.8) is 0 Å². The zero-order chi connectivity index (χ0) is 10.9. The average Bonchev–Trinajstić information content (AvgIpc) is 2.28. The van der Waals surface area contributed by atoms with Crippen molar-refractivity contribution in [3.05, 3.63) is 42.2 Å². The van der Waals surface area contributed by atoms with E-state index in [4.69, 9.17) is 4.74 Å². The summed E-state index contributed by atoms with van der Waals surface area (Å²) < 4.78 is 5.29. The van der Waals surface area contributed by atoms with E-state index in [2.05, 4.69) is 29.9 Å². The summed E-state index contributed by atoms with van der Waals surface area (Å²) in [7, 11) is 0. The van der Waals surface area contributed by atoms with Crippen LogP contribution >= 0.6 is 0 Å². The molecular weight excluding hydrogens is 188 g/mol. The lowest BCUT2D eigenvalue weighted by Gasteiger charge is -2.04. The molecule has 3 nitrogen and oxygen atoms in total. The third-order valence-electron chi connectivity index (χ3n) is 1.95. The van der Waals surface area contributed by atoms with Crippen LogP contribution in [-0.4, -0.2) is 18.1 Å². The van der Waals surface area contributed by atoms with E-state index in [1.54, 1.807) is 6.08 Å². The van der Waals surface area contributed by atoms with Gasteiger partial charge in [0, 0.05) is 12.7 Å². The molecule has 0 aliphatic rings. The predicted molar refractivity (Wildman–Crippen MR) is 61.5 cm³/mol. The molecule has 3 heteroatoms. The number of hydrogen-bond donors (Lipinski definition) is 1. The number of aromatic nitrogens is 1. The number of ether oxygens (including phenoxy) is 1. The van der Waals surface area contributed by atoms with Gasteiger partial charge in [-0.2, -0.15) is 0 Å². The quantitative estimate of drug-likeness (QED) is 0.546. The molecule has 1 aromatic rings. The second kappa shape index (κ2) is 7.15. The monoisotopic (exact) mass is 206 g/mol. The van der Waals surface area contributed by atoms with Crippen molar-refractivity contribution < 1.29 is 4.74 Å². The van der Waals surface area contributed by atoms with Gasteiger partial charge in [-0.15, -0.1) is 6.58 Å². The normalized spacial score (nSPS) is 10.2. The van der Waals surface area contributed by atoms with Crippen LogP contribution < -0.4 is 5.32 Å². The minimum Gasteiger partial charge on any atom is -0.371 e. The first-order chi connectivity index (χ1) is 7.36. The average molecular weight is 206 g/mol. The summed E-state index contributed by atoms with van der Waals surface area (Å²) >= 11 is 0. The van der Waals surface area contributed by atoms with Crippen LogP contribution in [0.2, 0.25) is 0 Å². The lowest BCUT2D eigenvalue weighted by molar-refractivity contribution is 0.146. The van der Waals surface area contributed by atoms with E-state index in [-0.39, 0.29) is 0 Å². The molecule has 0 saturated carbocycles. The molecule has 0 atom stereocenters. The standard InChI is InChI=1S/C12H18N2O/c1-3-7-15-10-12-6-5-11(9-14-12)8-13-4-2/h3,5-6,9,13H,1,4,7-8,10H2,2H3. The Morgan fingerprint density at radius 2 is 2.40 bits per heavy atom. The fourth-order valence-electron chi connectivity index (χ4n) is 1.16. The maximum Gasteiger partial charge on any atom is 0.0892 e. The molecule has 0 spiro atoms. The van der Waals surface area contributed by atoms with Gasteiger partial charge in [0.25, 0.3) is 0 Å². The van der Waals surface area contributed by atoms with Crippen molar-refractivity contribution in [2.45, 2.75) is 20.1 Å². The molecule has 0 unspecified atom stereocenters. The van der Waals surface area contributed by atoms with Crippen LogP contribution in [-0.2, 0) is 17.9 Å². The number of nitrogens with one attached hydrogen (secondary N) is 1. The van der Waals surface area contributed by atoms with Gasteiger partial charge in [-0.3, -0.25) is 4.98 Å². The lowest BCUT2D eigenvalue weighted by Crippen LogP contribution is -2.12. The minimum absolute atomic E-state index is 0.549. The molecule has 1 aromatic heterocycles. The van der Waals surface area contributed by atoms with Crippen LogP contribution in [0.5, 0.6) is 0 Å². The van der Waals surface area contributed by atoms with Gasteiger partial charge in [0.2, 0.25) is 0 Å². The Balaban J connectivity index is 2.38. The van der Waals surface area contributed by atoms with E-state index >= 15 is 0 Å². The van der Waals surface area contributed by atoms with Crippen LogP contribution in [0.3, 0.4) is 0 Å². The first kappa shape index (κ1) is 11.9. The van der Waals surface area contributed by atoms with Crippen LogP contribution in [0.1, 0.15) is 18.2 Å². The topological polar surface area (TPSA) is 34.1 Å². The maximum atomic E-state index is 5.29. The molecule has 1 N–H and O–H groups in total. The molecule has 82 valence electrons. The largest absolute Gasteiger partial charge is 0.371 e. The first-order valence-electron chi connectivity index (χ1n) is 5.20. The van der Waals surface area contributed by atoms with Crippen LogP contribution in [0.15, 0.2) is 31.0 Å². The number of rotatable bonds is 7. The van der Waals surface area contributed by atoms with Crippen LogP contribution in [0.4, 0.5) is 0 Å². The van der Waals surface area contributed by atoms with Crippen molar-refractivity contribution in [2.75, 3.05) is 13.2 Å². The molecule has 0 aliphatic carbocycles. The SMILES string of the molecule is C=CCOCc1ccc(CNCC)cn1. The van der Waals surface area contributed by atoms with Crippen molar-refractivity contribution in [3.8, 4) is 0 Å². The highest BCUT2D eigenvalue weighted by Gasteiger charge is 1.95. The molecular formula is C12H18N2O. The number of pyridine rings is 1. The summed E-state index contributed by atoms with van der Waals surface area (Å²) in [5, 5.41) is 3.25. The minimum atomic E-state index is 0.549. The highest BCUT2D eigenvalue weighted by atomic mass is 16.5. The Labute approximate surface area is 91.2 Å². The third kappa shape index (κ3) is 4.72. The summed E-state index contributed by atoms with van der Waals surface area (Å²) in [6, 6.07) is 4.07. The molecule has 0 fully saturated rings. The van der Waals surface area contributed by atoms with Gasteiger partial charge in [-0.1, -0.05) is 19.1 Å². The van der Waals surface area contributed by atoms with Gasteiger partial charge in [0.05, 0.1) is 18.9 Å². The van der Waals surface area contributed by atoms with Crippen molar-refractivity contribution in [1.82, 2.24) is 10.3 Å². The van der Waals surface area contributed by atoms with E-state index in [0.29, 0.717) is 13.2 Å². The van der Waals surface area contributed by atoms with E-state index in [9.17, 15) is 0 Å². The molecule has 0 saturated heterocycles. The zero-order valence-corrected chi connectivity index (χ0v) is 9.20. The summed E-state index contributed by atoms with van der Waals surface area (Å²) in [5.41, 5.74) is 2.15. The molecule has 15 heavy (non-hydrogen) atoms. The second-order valence-electron chi connectivity index (χ2n) is 3.24. The van der Waals surface area contributed by atoms with Crippen LogP contribution in [0, 0.1) is 0 Å². The maximum absolute atomic E-state index is 5.29. The first-order valence-corrected chi connectivity index (χ1v) is 5.20. The van der Waals surface area contributed by atoms with E-state index < -0.39 is 0 Å². The zero-order valence-electron chi connectivity index (χ0n) is 9.20. The second-order valence-corrected chi connectivity index (χ2v) is 3.24. The molecule has 0 amide bonds. The molecule has 0 bridgehead atoms. The van der Waals surface area contributed by atoms with Gasteiger partial charge in [0.1, 0.15) is 0 Å². The fraction of sp³-hybridized carbons (Fsp3) is 0.417. The Morgan fingerprint density at radius 1 is 1.53 bits per heavy atom. The smallest absolute Gasteiger partial charge is 0.0892 e. The lowest BCUT2D eigenvalue weighted by atomic mass is 10.2. The van der Waals surface area contributed by atoms with Crippen molar-refractivity contribution in [2.24, 2.45) is 0 Å². The molecule has 0 radical (unpaired) electrons. The Morgan fingerprint density at radius 3 is 3.00 bits per heavy atom. The highest BCUT2D eigenvalue weighted by Crippen LogP contribution is 2.01. The molecule has 1 heterocycles. The van der Waals surface area contributed by atoms with Crippen molar-refractivity contribution >= 4 is 0 Å². The van der Waals surface area contributed by atoms with Crippen LogP contribution in [0.25, 0.3) is 0 Å². The molecule has 0 aromatic carbocycles. The third-order valence-corrected chi connectivity index (χ3v) is 1.95. The fourth-order valence-corrected chi connectivity index (χ4v) is 1.16. The Bertz CT molecular complexity index is 282. The summed E-state index contributed by atoms with van der Waals surface area (Å²) in [5.74, 6) is 0. The summed E-state index contributed by atoms with van der Waals surface area (Å²) in [4.78, 5) is 4.30. The van der Waals surface area contributed by atoms with E-state index in [1.165, 1.54) is 5.56 Å². The Kier molecular flexibility index (Phi) is 5.66. The Hall–Kier alpha value is -1.19. The van der Waals surface area contributed by atoms with Gasteiger partial charge in [-0.05, 0) is 18.2 Å². The number of nitrogens with zero attached hydrogens (tertiary/aromatic N) is 1. The summed E-state index contributed by atoms with van der Waals surface area (Å²) in [6.45, 7) is 8.64. The predicted octanol–water partition coefficient (Wildman–Crippen LogP) is 1.89. The highest BCUT2D eigenvalue weighted by molar-refractivity contribution is 5.13. The van der Waals surface area contributed by atoms with Gasteiger partial charge in [-0.25, -0.2) is 0 Å². The van der Waals surface area contributed by atoms with E-state index in [1.807, 2.05) is 12.3 Å². The molecule has 0 aliphatic heterocycles. The summed E-state index contributed by atoms with van der Waals surface area (Å²) in [6.07, 6.45) is 3.62. The van der Waals surface area contributed by atoms with Crippen molar-refractivity contribution in [1.29, 1.82) is 0 Å². The van der Waals surface area contributed by atoms with Gasteiger partial charge >= 0.3 is 0 Å². The number of hydrogen-bond acceptors (Lipinski definition) is 3.